The third-order valence-electron chi connectivity index (χ3n) is 5.75. The molecule has 0 saturated heterocycles. The van der Waals surface area contributed by atoms with Crippen LogP contribution in [0.25, 0.3) is 17.2 Å². The summed E-state index contributed by atoms with van der Waals surface area (Å²) in [5.41, 5.74) is 4.32. The van der Waals surface area contributed by atoms with E-state index in [9.17, 15) is 0 Å². The lowest BCUT2D eigenvalue weighted by Gasteiger charge is -2.24. The lowest BCUT2D eigenvalue weighted by molar-refractivity contribution is 0.414. The molecule has 0 radical (unpaired) electrons. The van der Waals surface area contributed by atoms with Crippen LogP contribution in [0.5, 0.6) is 11.5 Å². The molecule has 172 valence electrons. The topological polar surface area (TPSA) is 57.4 Å². The van der Waals surface area contributed by atoms with E-state index >= 15 is 0 Å². The van der Waals surface area contributed by atoms with Gasteiger partial charge in [0.05, 0.1) is 12.4 Å². The molecule has 1 unspecified atom stereocenters. The molecular formula is C28H26N2O3S. The molecule has 6 heteroatoms. The molecule has 34 heavy (non-hydrogen) atoms. The second-order valence-electron chi connectivity index (χ2n) is 9.14. The number of hydrogen-bond acceptors (Lipinski definition) is 6. The highest BCUT2D eigenvalue weighted by molar-refractivity contribution is 7.99. The van der Waals surface area contributed by atoms with Crippen LogP contribution in [0.3, 0.4) is 0 Å². The molecule has 0 spiro atoms. The van der Waals surface area contributed by atoms with Gasteiger partial charge in [0.2, 0.25) is 5.89 Å². The Bertz CT molecular complexity index is 1320. The lowest BCUT2D eigenvalue weighted by Crippen LogP contribution is -2.10. The van der Waals surface area contributed by atoms with Crippen LogP contribution in [0.15, 0.2) is 88.5 Å². The zero-order valence-electron chi connectivity index (χ0n) is 19.6. The van der Waals surface area contributed by atoms with Crippen LogP contribution in [0.1, 0.15) is 42.7 Å². The van der Waals surface area contributed by atoms with Crippen molar-refractivity contribution in [3.05, 3.63) is 95.6 Å². The van der Waals surface area contributed by atoms with Crippen LogP contribution in [-0.2, 0) is 5.41 Å². The molecule has 0 amide bonds. The Kier molecular flexibility index (Phi) is 5.92. The van der Waals surface area contributed by atoms with Gasteiger partial charge in [0.15, 0.2) is 0 Å². The first kappa shape index (κ1) is 22.3. The molecule has 1 aliphatic rings. The normalized spacial score (nSPS) is 15.3. The number of aromatic nitrogens is 2. The molecule has 1 aliphatic heterocycles. The van der Waals surface area contributed by atoms with Gasteiger partial charge in [-0.25, -0.2) is 0 Å². The van der Waals surface area contributed by atoms with Crippen molar-refractivity contribution in [2.45, 2.75) is 36.7 Å². The largest absolute Gasteiger partial charge is 0.497 e. The summed E-state index contributed by atoms with van der Waals surface area (Å²) < 4.78 is 17.5. The highest BCUT2D eigenvalue weighted by atomic mass is 32.2. The SMILES string of the molecule is COc1ccc(C2=CC(Sc3nnc(-c4ccc(C(C)(C)C)cc4)o3)c3ccccc3O2)cc1. The van der Waals surface area contributed by atoms with Crippen LogP contribution >= 0.6 is 11.8 Å². The minimum Gasteiger partial charge on any atom is -0.497 e. The van der Waals surface area contributed by atoms with Gasteiger partial charge >= 0.3 is 0 Å². The Morgan fingerprint density at radius 3 is 2.26 bits per heavy atom. The fraction of sp³-hybridized carbons (Fsp3) is 0.214. The summed E-state index contributed by atoms with van der Waals surface area (Å²) in [5, 5.41) is 9.09. The Morgan fingerprint density at radius 2 is 1.56 bits per heavy atom. The maximum atomic E-state index is 6.21. The van der Waals surface area contributed by atoms with Crippen LogP contribution in [0.4, 0.5) is 0 Å². The molecule has 0 fully saturated rings. The number of nitrogens with zero attached hydrogens (tertiary/aromatic N) is 2. The molecule has 2 heterocycles. The summed E-state index contributed by atoms with van der Waals surface area (Å²) in [6.45, 7) is 6.59. The fourth-order valence-electron chi connectivity index (χ4n) is 3.79. The fourth-order valence-corrected chi connectivity index (χ4v) is 4.74. The molecule has 0 bridgehead atoms. The summed E-state index contributed by atoms with van der Waals surface area (Å²) in [4.78, 5) is 0. The first-order valence-electron chi connectivity index (χ1n) is 11.1. The number of para-hydroxylation sites is 1. The number of hydrogen-bond donors (Lipinski definition) is 0. The molecule has 1 atom stereocenters. The minimum absolute atomic E-state index is 0.0291. The molecule has 1 aromatic heterocycles. The van der Waals surface area contributed by atoms with E-state index < -0.39 is 0 Å². The summed E-state index contributed by atoms with van der Waals surface area (Å²) in [6.07, 6.45) is 2.09. The average molecular weight is 471 g/mol. The summed E-state index contributed by atoms with van der Waals surface area (Å²) >= 11 is 1.51. The zero-order chi connectivity index (χ0) is 23.7. The van der Waals surface area contributed by atoms with E-state index in [-0.39, 0.29) is 10.7 Å². The van der Waals surface area contributed by atoms with E-state index in [1.807, 2.05) is 54.6 Å². The van der Waals surface area contributed by atoms with Crippen LogP contribution < -0.4 is 9.47 Å². The first-order valence-corrected chi connectivity index (χ1v) is 12.0. The van der Waals surface area contributed by atoms with Gasteiger partial charge in [-0.1, -0.05) is 62.9 Å². The van der Waals surface area contributed by atoms with E-state index in [0.717, 1.165) is 33.9 Å². The van der Waals surface area contributed by atoms with Gasteiger partial charge in [-0.2, -0.15) is 0 Å². The van der Waals surface area contributed by atoms with Crippen LogP contribution in [-0.4, -0.2) is 17.3 Å². The number of rotatable bonds is 5. The highest BCUT2D eigenvalue weighted by Crippen LogP contribution is 2.46. The zero-order valence-corrected chi connectivity index (χ0v) is 20.4. The van der Waals surface area contributed by atoms with E-state index in [0.29, 0.717) is 11.1 Å². The first-order chi connectivity index (χ1) is 16.4. The van der Waals surface area contributed by atoms with Gasteiger partial charge in [-0.05, 0) is 59.5 Å². The molecule has 0 aliphatic carbocycles. The smallest absolute Gasteiger partial charge is 0.277 e. The molecule has 5 nitrogen and oxygen atoms in total. The summed E-state index contributed by atoms with van der Waals surface area (Å²) in [7, 11) is 1.66. The Balaban J connectivity index is 1.41. The monoisotopic (exact) mass is 470 g/mol. The van der Waals surface area contributed by atoms with Crippen molar-refractivity contribution >= 4 is 17.5 Å². The van der Waals surface area contributed by atoms with Gasteiger partial charge in [0, 0.05) is 16.7 Å². The number of ether oxygens (including phenoxy) is 2. The summed E-state index contributed by atoms with van der Waals surface area (Å²) in [5.74, 6) is 2.94. The van der Waals surface area contributed by atoms with Crippen molar-refractivity contribution in [3.63, 3.8) is 0 Å². The molecular weight excluding hydrogens is 444 g/mol. The van der Waals surface area contributed by atoms with Crippen molar-refractivity contribution in [1.82, 2.24) is 10.2 Å². The predicted molar refractivity (Wildman–Crippen MR) is 135 cm³/mol. The predicted octanol–water partition coefficient (Wildman–Crippen LogP) is 7.31. The standard InChI is InChI=1S/C28H26N2O3S/c1-28(2,3)20-13-9-19(10-14-20)26-29-30-27(33-26)34-25-17-24(18-11-15-21(31-4)16-12-18)32-23-8-6-5-7-22(23)25/h5-17,25H,1-4H3. The number of benzene rings is 3. The molecule has 4 aromatic rings. The van der Waals surface area contributed by atoms with Crippen LogP contribution in [0.2, 0.25) is 0 Å². The Labute approximate surface area is 203 Å². The number of methoxy groups -OCH3 is 1. The van der Waals surface area contributed by atoms with Gasteiger partial charge in [0.1, 0.15) is 17.3 Å². The Hall–Kier alpha value is -3.51. The van der Waals surface area contributed by atoms with Crippen molar-refractivity contribution in [2.75, 3.05) is 7.11 Å². The van der Waals surface area contributed by atoms with Crippen LogP contribution in [0, 0.1) is 0 Å². The second kappa shape index (κ2) is 9.03. The maximum Gasteiger partial charge on any atom is 0.277 e. The van der Waals surface area contributed by atoms with Gasteiger partial charge in [0.25, 0.3) is 5.22 Å². The van der Waals surface area contributed by atoms with E-state index in [4.69, 9.17) is 13.9 Å². The summed E-state index contributed by atoms with van der Waals surface area (Å²) in [6, 6.07) is 24.2. The van der Waals surface area contributed by atoms with Crippen molar-refractivity contribution < 1.29 is 13.9 Å². The molecule has 5 rings (SSSR count). The van der Waals surface area contributed by atoms with E-state index in [2.05, 4.69) is 55.2 Å². The third kappa shape index (κ3) is 4.59. The van der Waals surface area contributed by atoms with Gasteiger partial charge in [-0.15, -0.1) is 10.2 Å². The quantitative estimate of drug-likeness (QED) is 0.305. The number of fused-ring (bicyclic) bond motifs is 1. The van der Waals surface area contributed by atoms with Crippen molar-refractivity contribution in [3.8, 4) is 23.0 Å². The molecule has 3 aromatic carbocycles. The molecule has 0 N–H and O–H groups in total. The molecule has 0 saturated carbocycles. The minimum atomic E-state index is -0.0291. The highest BCUT2D eigenvalue weighted by Gasteiger charge is 2.25. The van der Waals surface area contributed by atoms with Gasteiger partial charge < -0.3 is 13.9 Å². The van der Waals surface area contributed by atoms with E-state index in [1.165, 1.54) is 17.3 Å². The van der Waals surface area contributed by atoms with Gasteiger partial charge in [-0.3, -0.25) is 0 Å². The van der Waals surface area contributed by atoms with E-state index in [1.54, 1.807) is 7.11 Å². The van der Waals surface area contributed by atoms with Crippen molar-refractivity contribution in [1.29, 1.82) is 0 Å². The maximum absolute atomic E-state index is 6.21. The van der Waals surface area contributed by atoms with Crippen molar-refractivity contribution in [2.24, 2.45) is 0 Å². The Morgan fingerprint density at radius 1 is 0.853 bits per heavy atom. The second-order valence-corrected chi connectivity index (χ2v) is 10.2. The third-order valence-corrected chi connectivity index (χ3v) is 6.77. The average Bonchev–Trinajstić information content (AvgIpc) is 3.32. The lowest BCUT2D eigenvalue weighted by atomic mass is 9.87. The number of thioether (sulfide) groups is 1.